The van der Waals surface area contributed by atoms with E-state index in [9.17, 15) is 9.90 Å². The molecule has 0 fully saturated rings. The number of rotatable bonds is 2. The molecule has 0 aliphatic heterocycles. The Hall–Kier alpha value is -1.87. The molecule has 0 aliphatic carbocycles. The van der Waals surface area contributed by atoms with E-state index in [1.807, 2.05) is 0 Å². The summed E-state index contributed by atoms with van der Waals surface area (Å²) in [6, 6.07) is 3.01. The number of aromatic nitrogens is 1. The van der Waals surface area contributed by atoms with Gasteiger partial charge in [-0.05, 0) is 13.0 Å². The third-order valence-electron chi connectivity index (χ3n) is 1.64. The number of nitrogens with zero attached hydrogens (tertiary/aromatic N) is 1. The third kappa shape index (κ3) is 2.33. The van der Waals surface area contributed by atoms with Gasteiger partial charge in [0.1, 0.15) is 16.3 Å². The number of H-pyrrole nitrogens is 1. The summed E-state index contributed by atoms with van der Waals surface area (Å²) in [6.07, 6.45) is 0. The van der Waals surface area contributed by atoms with Crippen LogP contribution in [-0.4, -0.2) is 22.7 Å². The summed E-state index contributed by atoms with van der Waals surface area (Å²) in [5.74, 6) is -1.09. The molecule has 5 nitrogen and oxygen atoms in total. The molecule has 0 saturated heterocycles. The second-order valence-corrected chi connectivity index (χ2v) is 3.01. The van der Waals surface area contributed by atoms with Gasteiger partial charge < -0.3 is 14.8 Å². The van der Waals surface area contributed by atoms with Crippen molar-refractivity contribution in [2.24, 2.45) is 0 Å². The maximum absolute atomic E-state index is 11.3. The van der Waals surface area contributed by atoms with E-state index in [4.69, 9.17) is 17.5 Å². The van der Waals surface area contributed by atoms with Crippen molar-refractivity contribution in [1.29, 1.82) is 5.26 Å². The van der Waals surface area contributed by atoms with Crippen molar-refractivity contribution in [3.05, 3.63) is 21.8 Å². The first kappa shape index (κ1) is 11.2. The number of aromatic amines is 1. The van der Waals surface area contributed by atoms with Crippen molar-refractivity contribution in [2.45, 2.75) is 6.92 Å². The Morgan fingerprint density at radius 2 is 2.47 bits per heavy atom. The number of hydrogen-bond acceptors (Lipinski definition) is 5. The summed E-state index contributed by atoms with van der Waals surface area (Å²) < 4.78 is 4.77. The quantitative estimate of drug-likeness (QED) is 0.587. The van der Waals surface area contributed by atoms with Gasteiger partial charge in [0.05, 0.1) is 12.2 Å². The van der Waals surface area contributed by atoms with Crippen LogP contribution in [0.3, 0.4) is 0 Å². The van der Waals surface area contributed by atoms with Crippen molar-refractivity contribution >= 4 is 18.2 Å². The lowest BCUT2D eigenvalue weighted by Crippen LogP contribution is -2.06. The van der Waals surface area contributed by atoms with E-state index in [2.05, 4.69) is 9.72 Å². The lowest BCUT2D eigenvalue weighted by molar-refractivity contribution is 0.0522. The average molecular weight is 224 g/mol. The monoisotopic (exact) mass is 224 g/mol. The van der Waals surface area contributed by atoms with E-state index in [-0.39, 0.29) is 22.4 Å². The Morgan fingerprint density at radius 3 is 3.00 bits per heavy atom. The number of hydrogen-bond donors (Lipinski definition) is 2. The van der Waals surface area contributed by atoms with Crippen LogP contribution in [0.2, 0.25) is 0 Å². The molecule has 2 N–H and O–H groups in total. The van der Waals surface area contributed by atoms with Gasteiger partial charge >= 0.3 is 5.97 Å². The number of nitriles is 1. The second-order valence-electron chi connectivity index (χ2n) is 2.61. The first-order valence-corrected chi connectivity index (χ1v) is 4.54. The van der Waals surface area contributed by atoms with Crippen LogP contribution in [-0.2, 0) is 4.74 Å². The SMILES string of the molecule is CCOC(=O)c1cc(C#N)c(=S)[nH]c1O. The molecule has 0 unspecified atom stereocenters. The number of esters is 1. The maximum Gasteiger partial charge on any atom is 0.343 e. The molecule has 0 bridgehead atoms. The van der Waals surface area contributed by atoms with Crippen molar-refractivity contribution in [1.82, 2.24) is 4.98 Å². The van der Waals surface area contributed by atoms with Crippen LogP contribution in [0.25, 0.3) is 0 Å². The molecule has 6 heteroatoms. The molecule has 1 aromatic rings. The summed E-state index contributed by atoms with van der Waals surface area (Å²) >= 11 is 4.76. The van der Waals surface area contributed by atoms with Crippen LogP contribution < -0.4 is 0 Å². The molecule has 0 aromatic carbocycles. The number of pyridine rings is 1. The normalized spacial score (nSPS) is 9.33. The Labute approximate surface area is 90.9 Å². The highest BCUT2D eigenvalue weighted by atomic mass is 32.1. The Bertz CT molecular complexity index is 487. The summed E-state index contributed by atoms with van der Waals surface area (Å²) in [7, 11) is 0. The highest BCUT2D eigenvalue weighted by molar-refractivity contribution is 7.71. The average Bonchev–Trinajstić information content (AvgIpc) is 2.18. The molecule has 0 aliphatic rings. The fourth-order valence-electron chi connectivity index (χ4n) is 0.968. The van der Waals surface area contributed by atoms with Gasteiger partial charge in [-0.15, -0.1) is 0 Å². The predicted molar refractivity (Wildman–Crippen MR) is 54.0 cm³/mol. The molecule has 0 atom stereocenters. The van der Waals surface area contributed by atoms with Gasteiger partial charge in [0.2, 0.25) is 5.88 Å². The molecule has 0 radical (unpaired) electrons. The van der Waals surface area contributed by atoms with Crippen molar-refractivity contribution in [2.75, 3.05) is 6.61 Å². The van der Waals surface area contributed by atoms with Crippen LogP contribution in [0, 0.1) is 16.0 Å². The minimum Gasteiger partial charge on any atom is -0.494 e. The Kier molecular flexibility index (Phi) is 3.42. The van der Waals surface area contributed by atoms with E-state index in [0.29, 0.717) is 0 Å². The van der Waals surface area contributed by atoms with Gasteiger partial charge in [0, 0.05) is 0 Å². The summed E-state index contributed by atoms with van der Waals surface area (Å²) in [6.45, 7) is 1.83. The lowest BCUT2D eigenvalue weighted by Gasteiger charge is -2.04. The van der Waals surface area contributed by atoms with E-state index in [0.717, 1.165) is 0 Å². The van der Waals surface area contributed by atoms with Crippen molar-refractivity contribution < 1.29 is 14.6 Å². The Balaban J connectivity index is 3.26. The Morgan fingerprint density at radius 1 is 1.80 bits per heavy atom. The molecule has 78 valence electrons. The molecule has 1 heterocycles. The van der Waals surface area contributed by atoms with Crippen LogP contribution in [0.4, 0.5) is 0 Å². The first-order valence-electron chi connectivity index (χ1n) is 4.13. The zero-order valence-electron chi connectivity index (χ0n) is 7.90. The van der Waals surface area contributed by atoms with Crippen molar-refractivity contribution in [3.8, 4) is 11.9 Å². The molecule has 0 amide bonds. The predicted octanol–water partition coefficient (Wildman–Crippen LogP) is 1.50. The minimum absolute atomic E-state index is 0.0862. The van der Waals surface area contributed by atoms with Crippen LogP contribution >= 0.6 is 12.2 Å². The molecule has 15 heavy (non-hydrogen) atoms. The van der Waals surface area contributed by atoms with Gasteiger partial charge in [-0.1, -0.05) is 12.2 Å². The second kappa shape index (κ2) is 4.57. The molecule has 0 saturated carbocycles. The van der Waals surface area contributed by atoms with Crippen LogP contribution in [0.1, 0.15) is 22.8 Å². The number of carbonyl (C=O) groups excluding carboxylic acids is 1. The topological polar surface area (TPSA) is 86.1 Å². The van der Waals surface area contributed by atoms with Gasteiger partial charge in [-0.25, -0.2) is 4.79 Å². The lowest BCUT2D eigenvalue weighted by atomic mass is 10.2. The van der Waals surface area contributed by atoms with Gasteiger partial charge in [-0.3, -0.25) is 0 Å². The largest absolute Gasteiger partial charge is 0.494 e. The standard InChI is InChI=1S/C9H8N2O3S/c1-2-14-9(13)6-3-5(4-10)8(15)11-7(6)12/h3H,2H2,1H3,(H2,11,12,15). The van der Waals surface area contributed by atoms with Crippen LogP contribution in [0.5, 0.6) is 5.88 Å². The number of ether oxygens (including phenoxy) is 1. The van der Waals surface area contributed by atoms with Crippen LogP contribution in [0.15, 0.2) is 6.07 Å². The minimum atomic E-state index is -0.697. The molecule has 0 spiro atoms. The highest BCUT2D eigenvalue weighted by Crippen LogP contribution is 2.16. The highest BCUT2D eigenvalue weighted by Gasteiger charge is 2.14. The molecular weight excluding hydrogens is 216 g/mol. The van der Waals surface area contributed by atoms with Gasteiger partial charge in [-0.2, -0.15) is 5.26 Å². The fraction of sp³-hybridized carbons (Fsp3) is 0.222. The number of nitrogens with one attached hydrogen (secondary N) is 1. The summed E-state index contributed by atoms with van der Waals surface area (Å²) in [4.78, 5) is 13.6. The first-order chi connectivity index (χ1) is 7.10. The molecule has 1 rings (SSSR count). The number of aromatic hydroxyl groups is 1. The van der Waals surface area contributed by atoms with E-state index in [1.165, 1.54) is 6.07 Å². The van der Waals surface area contributed by atoms with E-state index < -0.39 is 11.8 Å². The zero-order valence-corrected chi connectivity index (χ0v) is 8.72. The molecule has 1 aromatic heterocycles. The molecular formula is C9H8N2O3S. The van der Waals surface area contributed by atoms with E-state index in [1.54, 1.807) is 13.0 Å². The third-order valence-corrected chi connectivity index (χ3v) is 1.96. The van der Waals surface area contributed by atoms with Gasteiger partial charge in [0.25, 0.3) is 0 Å². The van der Waals surface area contributed by atoms with E-state index >= 15 is 0 Å². The fourth-order valence-corrected chi connectivity index (χ4v) is 1.17. The summed E-state index contributed by atoms with van der Waals surface area (Å²) in [5, 5.41) is 18.1. The van der Waals surface area contributed by atoms with Gasteiger partial charge in [0.15, 0.2) is 0 Å². The number of carbonyl (C=O) groups is 1. The van der Waals surface area contributed by atoms with Crippen molar-refractivity contribution in [3.63, 3.8) is 0 Å². The summed E-state index contributed by atoms with van der Waals surface area (Å²) in [5.41, 5.74) is 0.0212. The maximum atomic E-state index is 11.3. The smallest absolute Gasteiger partial charge is 0.343 e. The zero-order chi connectivity index (χ0) is 11.4.